The third-order valence-electron chi connectivity index (χ3n) is 11.0. The number of para-hydroxylation sites is 5. The molecule has 3 nitrogen and oxygen atoms in total. The van der Waals surface area contributed by atoms with Gasteiger partial charge in [-0.15, -0.1) is 0 Å². The molecule has 0 fully saturated rings. The Morgan fingerprint density at radius 2 is 1.16 bits per heavy atom. The fraction of sp³-hybridized carbons (Fsp3) is 0.0870. The lowest BCUT2D eigenvalue weighted by molar-refractivity contribution is 0.632. The van der Waals surface area contributed by atoms with Crippen molar-refractivity contribution in [2.45, 2.75) is 26.2 Å². The Kier molecular flexibility index (Phi) is 6.23. The van der Waals surface area contributed by atoms with Crippen molar-refractivity contribution in [3.63, 3.8) is 0 Å². The van der Waals surface area contributed by atoms with E-state index in [1.165, 1.54) is 67.2 Å². The molecule has 0 aromatic heterocycles. The molecule has 3 aliphatic rings. The Labute approximate surface area is 294 Å². The highest BCUT2D eigenvalue weighted by atomic mass is 15.2. The maximum atomic E-state index is 2.61. The van der Waals surface area contributed by atoms with E-state index >= 15 is 0 Å². The van der Waals surface area contributed by atoms with E-state index in [-0.39, 0.29) is 12.3 Å². The van der Waals surface area contributed by atoms with Gasteiger partial charge in [-0.1, -0.05) is 117 Å². The van der Waals surface area contributed by atoms with Crippen LogP contribution in [-0.2, 0) is 5.41 Å². The highest BCUT2D eigenvalue weighted by Crippen LogP contribution is 2.55. The molecule has 3 aliphatic heterocycles. The summed E-state index contributed by atoms with van der Waals surface area (Å²) in [7, 11) is 0. The van der Waals surface area contributed by atoms with E-state index < -0.39 is 0 Å². The van der Waals surface area contributed by atoms with Gasteiger partial charge in [0.15, 0.2) is 0 Å². The SMILES string of the molecule is Cc1cc2c3c(c1)N1c4ccccc4C(C)(C)c4cccc(c41)B3N(c1ccccc1)c1cc(N(c3ccccc3)c3ccccc3)ccc1-2. The molecule has 0 saturated carbocycles. The van der Waals surface area contributed by atoms with Crippen LogP contribution in [0.25, 0.3) is 11.1 Å². The first-order valence-corrected chi connectivity index (χ1v) is 17.6. The van der Waals surface area contributed by atoms with Crippen molar-refractivity contribution in [3.8, 4) is 11.1 Å². The average Bonchev–Trinajstić information content (AvgIpc) is 3.15. The van der Waals surface area contributed by atoms with E-state index in [0.29, 0.717) is 0 Å². The molecule has 0 amide bonds. The quantitative estimate of drug-likeness (QED) is 0.177. The van der Waals surface area contributed by atoms with Crippen molar-refractivity contribution in [2.24, 2.45) is 0 Å². The van der Waals surface area contributed by atoms with Gasteiger partial charge in [0, 0.05) is 50.8 Å². The van der Waals surface area contributed by atoms with Crippen molar-refractivity contribution in [3.05, 3.63) is 180 Å². The first-order chi connectivity index (χ1) is 24.5. The summed E-state index contributed by atoms with van der Waals surface area (Å²) >= 11 is 0. The number of anilines is 8. The molecule has 3 heterocycles. The number of nitrogens with zero attached hydrogens (tertiary/aromatic N) is 3. The van der Waals surface area contributed by atoms with E-state index in [9.17, 15) is 0 Å². The summed E-state index contributed by atoms with van der Waals surface area (Å²) in [5.74, 6) is 0. The lowest BCUT2D eigenvalue weighted by atomic mass is 9.42. The molecule has 50 heavy (non-hydrogen) atoms. The highest BCUT2D eigenvalue weighted by molar-refractivity contribution is 6.93. The lowest BCUT2D eigenvalue weighted by Gasteiger charge is -2.50. The van der Waals surface area contributed by atoms with Gasteiger partial charge >= 0.3 is 6.85 Å². The molecule has 7 aromatic rings. The topological polar surface area (TPSA) is 9.72 Å². The maximum absolute atomic E-state index is 2.61. The van der Waals surface area contributed by atoms with Crippen LogP contribution >= 0.6 is 0 Å². The van der Waals surface area contributed by atoms with Crippen LogP contribution in [-0.4, -0.2) is 6.85 Å². The van der Waals surface area contributed by atoms with Crippen LogP contribution in [0.1, 0.15) is 30.5 Å². The van der Waals surface area contributed by atoms with Crippen LogP contribution in [0.3, 0.4) is 0 Å². The second kappa shape index (κ2) is 10.8. The molecular weight excluding hydrogens is 605 g/mol. The van der Waals surface area contributed by atoms with Crippen LogP contribution in [0.5, 0.6) is 0 Å². The standard InChI is InChI=1S/C46H36BN3/c1-31-28-37-36-27-26-35(48(32-16-7-4-8-17-32)33-18-9-5-10-19-33)30-42(36)50(34-20-11-6-12-21-34)47-40-24-15-23-39-45(40)49(43(29-31)44(37)47)41-25-14-13-22-38(41)46(39,2)3/h4-30H,1-3H3. The summed E-state index contributed by atoms with van der Waals surface area (Å²) in [6.07, 6.45) is 0. The predicted octanol–water partition coefficient (Wildman–Crippen LogP) is 10.8. The average molecular weight is 642 g/mol. The van der Waals surface area contributed by atoms with Gasteiger partial charge in [0.2, 0.25) is 0 Å². The molecule has 0 radical (unpaired) electrons. The van der Waals surface area contributed by atoms with E-state index in [1.54, 1.807) is 0 Å². The van der Waals surface area contributed by atoms with Crippen LogP contribution in [0, 0.1) is 6.92 Å². The van der Waals surface area contributed by atoms with Gasteiger partial charge in [0.1, 0.15) is 0 Å². The van der Waals surface area contributed by atoms with Crippen LogP contribution < -0.4 is 25.5 Å². The molecule has 0 bridgehead atoms. The minimum absolute atomic E-state index is 0.0140. The molecule has 10 rings (SSSR count). The predicted molar refractivity (Wildman–Crippen MR) is 212 cm³/mol. The summed E-state index contributed by atoms with van der Waals surface area (Å²) in [5, 5.41) is 0. The summed E-state index contributed by atoms with van der Waals surface area (Å²) in [6.45, 7) is 7.00. The molecular formula is C46H36BN3. The Balaban J connectivity index is 1.29. The molecule has 0 spiro atoms. The molecule has 238 valence electrons. The van der Waals surface area contributed by atoms with E-state index in [2.05, 4.69) is 199 Å². The normalized spacial score (nSPS) is 14.3. The van der Waals surface area contributed by atoms with E-state index in [1.807, 2.05) is 0 Å². The zero-order chi connectivity index (χ0) is 33.6. The monoisotopic (exact) mass is 641 g/mol. The van der Waals surface area contributed by atoms with Gasteiger partial charge in [-0.25, -0.2) is 0 Å². The van der Waals surface area contributed by atoms with Gasteiger partial charge in [-0.05, 0) is 101 Å². The van der Waals surface area contributed by atoms with Crippen molar-refractivity contribution >= 4 is 63.3 Å². The zero-order valence-electron chi connectivity index (χ0n) is 28.5. The first kappa shape index (κ1) is 29.0. The fourth-order valence-electron chi connectivity index (χ4n) is 8.85. The third kappa shape index (κ3) is 4.05. The molecule has 0 aliphatic carbocycles. The molecule has 4 heteroatoms. The van der Waals surface area contributed by atoms with Gasteiger partial charge in [0.05, 0.1) is 5.69 Å². The largest absolute Gasteiger partial charge is 0.376 e. The molecule has 0 unspecified atom stereocenters. The zero-order valence-corrected chi connectivity index (χ0v) is 28.5. The number of benzene rings is 7. The van der Waals surface area contributed by atoms with E-state index in [4.69, 9.17) is 0 Å². The van der Waals surface area contributed by atoms with Gasteiger partial charge in [0.25, 0.3) is 0 Å². The Hall–Kier alpha value is -6.00. The number of fused-ring (bicyclic) bond motifs is 6. The smallest absolute Gasteiger partial charge is 0.333 e. The summed E-state index contributed by atoms with van der Waals surface area (Å²) < 4.78 is 0. The van der Waals surface area contributed by atoms with Crippen molar-refractivity contribution < 1.29 is 0 Å². The minimum atomic E-state index is -0.147. The van der Waals surface area contributed by atoms with Crippen LogP contribution in [0.4, 0.5) is 45.5 Å². The molecule has 7 aromatic carbocycles. The van der Waals surface area contributed by atoms with Gasteiger partial charge in [-0.2, -0.15) is 0 Å². The second-order valence-electron chi connectivity index (χ2n) is 14.3. The minimum Gasteiger partial charge on any atom is -0.376 e. The Morgan fingerprint density at radius 1 is 0.520 bits per heavy atom. The fourth-order valence-corrected chi connectivity index (χ4v) is 8.85. The molecule has 0 N–H and O–H groups in total. The number of rotatable bonds is 4. The van der Waals surface area contributed by atoms with Crippen LogP contribution in [0.15, 0.2) is 164 Å². The van der Waals surface area contributed by atoms with Crippen molar-refractivity contribution in [1.29, 1.82) is 0 Å². The molecule has 0 atom stereocenters. The summed E-state index contributed by atoms with van der Waals surface area (Å²) in [6, 6.07) is 60.3. The number of aryl methyl sites for hydroxylation is 1. The number of hydrogen-bond donors (Lipinski definition) is 0. The lowest BCUT2D eigenvalue weighted by Crippen LogP contribution is -2.62. The second-order valence-corrected chi connectivity index (χ2v) is 14.3. The maximum Gasteiger partial charge on any atom is 0.333 e. The number of hydrogen-bond acceptors (Lipinski definition) is 3. The summed E-state index contributed by atoms with van der Waals surface area (Å²) in [5.41, 5.74) is 18.8. The van der Waals surface area contributed by atoms with Gasteiger partial charge in [-0.3, -0.25) is 0 Å². The Morgan fingerprint density at radius 3 is 1.88 bits per heavy atom. The third-order valence-corrected chi connectivity index (χ3v) is 11.0. The van der Waals surface area contributed by atoms with E-state index in [0.717, 1.165) is 17.1 Å². The van der Waals surface area contributed by atoms with Crippen molar-refractivity contribution in [1.82, 2.24) is 0 Å². The van der Waals surface area contributed by atoms with Crippen LogP contribution in [0.2, 0.25) is 0 Å². The summed E-state index contributed by atoms with van der Waals surface area (Å²) in [4.78, 5) is 7.55. The molecule has 0 saturated heterocycles. The van der Waals surface area contributed by atoms with Crippen molar-refractivity contribution in [2.75, 3.05) is 14.6 Å². The first-order valence-electron chi connectivity index (χ1n) is 17.6. The van der Waals surface area contributed by atoms with Gasteiger partial charge < -0.3 is 14.6 Å². The Bertz CT molecular complexity index is 2400. The highest BCUT2D eigenvalue weighted by Gasteiger charge is 2.49.